The third-order valence-corrected chi connectivity index (χ3v) is 7.17. The van der Waals surface area contributed by atoms with E-state index in [2.05, 4.69) is 22.1 Å². The molecule has 0 bridgehead atoms. The van der Waals surface area contributed by atoms with Crippen molar-refractivity contribution >= 4 is 40.9 Å². The van der Waals surface area contributed by atoms with Crippen LogP contribution >= 0.6 is 23.4 Å². The number of nitrogens with zero attached hydrogens (tertiary/aromatic N) is 4. The normalized spacial score (nSPS) is 15.3. The molecule has 1 unspecified atom stereocenters. The van der Waals surface area contributed by atoms with Gasteiger partial charge in [-0.25, -0.2) is 0 Å². The maximum absolute atomic E-state index is 13.2. The third-order valence-electron chi connectivity index (χ3n) is 5.95. The number of halogens is 1. The van der Waals surface area contributed by atoms with Gasteiger partial charge in [-0.15, -0.1) is 16.8 Å². The van der Waals surface area contributed by atoms with Crippen molar-refractivity contribution in [2.45, 2.75) is 44.4 Å². The van der Waals surface area contributed by atoms with Gasteiger partial charge in [0.2, 0.25) is 5.91 Å². The molecule has 1 fully saturated rings. The lowest BCUT2D eigenvalue weighted by atomic mass is 10.1. The summed E-state index contributed by atoms with van der Waals surface area (Å²) in [5, 5.41) is 13.0. The molecule has 182 valence electrons. The second-order valence-electron chi connectivity index (χ2n) is 8.56. The van der Waals surface area contributed by atoms with Crippen LogP contribution in [0.5, 0.6) is 0 Å². The number of anilines is 1. The molecule has 1 saturated heterocycles. The smallest absolute Gasteiger partial charge is 0.254 e. The summed E-state index contributed by atoms with van der Waals surface area (Å²) in [7, 11) is 0. The molecule has 2 amide bonds. The number of hydrogen-bond acceptors (Lipinski definition) is 5. The number of amides is 2. The Labute approximate surface area is 214 Å². The molecule has 35 heavy (non-hydrogen) atoms. The van der Waals surface area contributed by atoms with Crippen LogP contribution < -0.4 is 5.32 Å². The first-order chi connectivity index (χ1) is 16.9. The molecule has 9 heteroatoms. The van der Waals surface area contributed by atoms with Crippen molar-refractivity contribution in [2.24, 2.45) is 0 Å². The Hall–Kier alpha value is -3.10. The number of likely N-dealkylation sites (tertiary alicyclic amines) is 1. The number of carbonyl (C=O) groups excluding carboxylic acids is 2. The van der Waals surface area contributed by atoms with Gasteiger partial charge in [0.1, 0.15) is 0 Å². The van der Waals surface area contributed by atoms with Crippen LogP contribution in [0, 0.1) is 13.8 Å². The van der Waals surface area contributed by atoms with Crippen molar-refractivity contribution in [2.75, 3.05) is 17.6 Å². The van der Waals surface area contributed by atoms with Gasteiger partial charge in [-0.1, -0.05) is 47.1 Å². The van der Waals surface area contributed by atoms with Gasteiger partial charge in [0.25, 0.3) is 5.91 Å². The minimum atomic E-state index is -0.191. The number of carbonyl (C=O) groups is 2. The van der Waals surface area contributed by atoms with E-state index in [1.807, 2.05) is 41.5 Å². The fourth-order valence-electron chi connectivity index (χ4n) is 4.26. The molecular formula is C26H28ClN5O2S. The van der Waals surface area contributed by atoms with Crippen molar-refractivity contribution in [1.29, 1.82) is 0 Å². The van der Waals surface area contributed by atoms with Gasteiger partial charge in [0.15, 0.2) is 11.0 Å². The molecule has 1 aliphatic heterocycles. The number of aryl methyl sites for hydroxylation is 2. The van der Waals surface area contributed by atoms with Crippen LogP contribution in [0.15, 0.2) is 60.3 Å². The van der Waals surface area contributed by atoms with E-state index in [0.717, 1.165) is 29.7 Å². The summed E-state index contributed by atoms with van der Waals surface area (Å²) < 4.78 is 1.94. The topological polar surface area (TPSA) is 80.1 Å². The Morgan fingerprint density at radius 1 is 1.20 bits per heavy atom. The Morgan fingerprint density at radius 2 is 1.97 bits per heavy atom. The minimum absolute atomic E-state index is 0.0561. The number of benzene rings is 2. The highest BCUT2D eigenvalue weighted by Crippen LogP contribution is 2.34. The maximum Gasteiger partial charge on any atom is 0.254 e. The van der Waals surface area contributed by atoms with Crippen molar-refractivity contribution in [3.05, 3.63) is 82.7 Å². The average molecular weight is 510 g/mol. The van der Waals surface area contributed by atoms with Crippen molar-refractivity contribution in [3.8, 4) is 0 Å². The lowest BCUT2D eigenvalue weighted by Crippen LogP contribution is -2.32. The van der Waals surface area contributed by atoms with E-state index in [0.29, 0.717) is 34.7 Å². The van der Waals surface area contributed by atoms with Crippen molar-refractivity contribution < 1.29 is 9.59 Å². The molecule has 4 rings (SSSR count). The summed E-state index contributed by atoms with van der Waals surface area (Å²) >= 11 is 7.31. The van der Waals surface area contributed by atoms with Crippen LogP contribution in [0.25, 0.3) is 0 Å². The quantitative estimate of drug-likeness (QED) is 0.323. The van der Waals surface area contributed by atoms with Gasteiger partial charge < -0.3 is 14.8 Å². The molecule has 1 N–H and O–H groups in total. The molecule has 1 aromatic heterocycles. The van der Waals surface area contributed by atoms with E-state index in [1.54, 1.807) is 30.3 Å². The first kappa shape index (κ1) is 25.0. The first-order valence-electron chi connectivity index (χ1n) is 11.5. The molecular weight excluding hydrogens is 482 g/mol. The lowest BCUT2D eigenvalue weighted by Gasteiger charge is -2.24. The van der Waals surface area contributed by atoms with Gasteiger partial charge in [0.05, 0.1) is 11.8 Å². The Balaban J connectivity index is 1.48. The van der Waals surface area contributed by atoms with E-state index in [9.17, 15) is 9.59 Å². The zero-order chi connectivity index (χ0) is 24.9. The van der Waals surface area contributed by atoms with Crippen LogP contribution in [0.3, 0.4) is 0 Å². The summed E-state index contributed by atoms with van der Waals surface area (Å²) in [4.78, 5) is 27.6. The van der Waals surface area contributed by atoms with Gasteiger partial charge >= 0.3 is 0 Å². The Morgan fingerprint density at radius 3 is 2.69 bits per heavy atom. The van der Waals surface area contributed by atoms with Crippen LogP contribution in [0.4, 0.5) is 5.69 Å². The zero-order valence-electron chi connectivity index (χ0n) is 19.8. The number of hydrogen-bond donors (Lipinski definition) is 1. The number of rotatable bonds is 8. The predicted octanol–water partition coefficient (Wildman–Crippen LogP) is 5.44. The zero-order valence-corrected chi connectivity index (χ0v) is 21.4. The largest absolute Gasteiger partial charge is 0.328 e. The van der Waals surface area contributed by atoms with Crippen LogP contribution in [-0.2, 0) is 11.3 Å². The maximum atomic E-state index is 13.2. The fraction of sp³-hybridized carbons (Fsp3) is 0.308. The Bertz CT molecular complexity index is 1240. The Kier molecular flexibility index (Phi) is 7.93. The molecule has 1 aliphatic rings. The first-order valence-corrected chi connectivity index (χ1v) is 12.8. The summed E-state index contributed by atoms with van der Waals surface area (Å²) in [6.07, 6.45) is 3.45. The third kappa shape index (κ3) is 5.77. The standard InChI is InChI=1S/C26H28ClN5O2S/c1-4-13-32-24(22-6-5-14-31(22)25(34)19-8-10-20(27)11-9-19)29-30-26(32)35-16-23(33)28-21-12-7-17(2)15-18(21)3/h4,7-12,15,22H,1,5-6,13-14,16H2,2-3H3,(H,28,33). The average Bonchev–Trinajstić information content (AvgIpc) is 3.47. The van der Waals surface area contributed by atoms with E-state index < -0.39 is 0 Å². The summed E-state index contributed by atoms with van der Waals surface area (Å²) in [5.74, 6) is 0.735. The van der Waals surface area contributed by atoms with E-state index in [-0.39, 0.29) is 23.6 Å². The van der Waals surface area contributed by atoms with Crippen LogP contribution in [0.2, 0.25) is 5.02 Å². The fourth-order valence-corrected chi connectivity index (χ4v) is 5.14. The highest BCUT2D eigenvalue weighted by Gasteiger charge is 2.34. The van der Waals surface area contributed by atoms with E-state index in [4.69, 9.17) is 11.6 Å². The molecule has 2 aromatic carbocycles. The molecule has 0 radical (unpaired) electrons. The number of thioether (sulfide) groups is 1. The number of aromatic nitrogens is 3. The van der Waals surface area contributed by atoms with Crippen LogP contribution in [-0.4, -0.2) is 43.8 Å². The van der Waals surface area contributed by atoms with Gasteiger partial charge in [-0.3, -0.25) is 9.59 Å². The van der Waals surface area contributed by atoms with E-state index in [1.165, 1.54) is 11.8 Å². The minimum Gasteiger partial charge on any atom is -0.328 e. The SMILES string of the molecule is C=CCn1c(SCC(=O)Nc2ccc(C)cc2C)nnc1C1CCCN1C(=O)c1ccc(Cl)cc1. The van der Waals surface area contributed by atoms with Crippen molar-refractivity contribution in [1.82, 2.24) is 19.7 Å². The van der Waals surface area contributed by atoms with Gasteiger partial charge in [-0.05, 0) is 62.6 Å². The monoisotopic (exact) mass is 509 g/mol. The molecule has 0 aliphatic carbocycles. The second kappa shape index (κ2) is 11.1. The summed E-state index contributed by atoms with van der Waals surface area (Å²) in [6, 6.07) is 12.7. The van der Waals surface area contributed by atoms with Crippen molar-refractivity contribution in [3.63, 3.8) is 0 Å². The highest BCUT2D eigenvalue weighted by atomic mass is 35.5. The molecule has 7 nitrogen and oxygen atoms in total. The molecule has 3 aromatic rings. The number of allylic oxidation sites excluding steroid dienone is 1. The second-order valence-corrected chi connectivity index (χ2v) is 9.94. The van der Waals surface area contributed by atoms with E-state index >= 15 is 0 Å². The molecule has 1 atom stereocenters. The highest BCUT2D eigenvalue weighted by molar-refractivity contribution is 7.99. The number of nitrogens with one attached hydrogen (secondary N) is 1. The molecule has 0 spiro atoms. The lowest BCUT2D eigenvalue weighted by molar-refractivity contribution is -0.113. The molecule has 2 heterocycles. The van der Waals surface area contributed by atoms with Gasteiger partial charge in [0, 0.05) is 29.4 Å². The predicted molar refractivity (Wildman–Crippen MR) is 140 cm³/mol. The summed E-state index contributed by atoms with van der Waals surface area (Å²) in [5.41, 5.74) is 3.56. The van der Waals surface area contributed by atoms with Crippen LogP contribution in [0.1, 0.15) is 46.2 Å². The van der Waals surface area contributed by atoms with Gasteiger partial charge in [-0.2, -0.15) is 0 Å². The molecule has 0 saturated carbocycles. The summed E-state index contributed by atoms with van der Waals surface area (Å²) in [6.45, 7) is 8.99.